The van der Waals surface area contributed by atoms with Crippen molar-refractivity contribution in [1.82, 2.24) is 4.90 Å². The first kappa shape index (κ1) is 14.5. The van der Waals surface area contributed by atoms with Gasteiger partial charge in [-0.05, 0) is 42.4 Å². The Labute approximate surface area is 117 Å². The van der Waals surface area contributed by atoms with E-state index in [4.69, 9.17) is 4.74 Å². The average molecular weight is 277 g/mol. The summed E-state index contributed by atoms with van der Waals surface area (Å²) in [6.07, 6.45) is 0. The highest BCUT2D eigenvalue weighted by Gasteiger charge is 2.06. The van der Waals surface area contributed by atoms with Gasteiger partial charge in [-0.3, -0.25) is 4.90 Å². The van der Waals surface area contributed by atoms with Crippen molar-refractivity contribution in [2.24, 2.45) is 0 Å². The highest BCUT2D eigenvalue weighted by atomic mass is 19.2. The summed E-state index contributed by atoms with van der Waals surface area (Å²) in [5, 5.41) is 0. The fourth-order valence-electron chi connectivity index (χ4n) is 2.09. The molecule has 0 fully saturated rings. The molecule has 0 atom stereocenters. The second kappa shape index (κ2) is 6.48. The van der Waals surface area contributed by atoms with Gasteiger partial charge in [-0.15, -0.1) is 0 Å². The molecule has 0 heterocycles. The van der Waals surface area contributed by atoms with Crippen LogP contribution < -0.4 is 4.74 Å². The largest absolute Gasteiger partial charge is 0.497 e. The SMILES string of the molecule is COc1cccc(CN(C)Cc2ccc(F)c(F)c2)c1. The molecule has 0 N–H and O–H groups in total. The Hall–Kier alpha value is -1.94. The number of ether oxygens (including phenoxy) is 1. The van der Waals surface area contributed by atoms with Crippen molar-refractivity contribution in [3.05, 3.63) is 65.2 Å². The van der Waals surface area contributed by atoms with Crippen molar-refractivity contribution in [1.29, 1.82) is 0 Å². The maximum atomic E-state index is 13.1. The molecule has 0 aliphatic heterocycles. The Kier molecular flexibility index (Phi) is 4.69. The van der Waals surface area contributed by atoms with Gasteiger partial charge in [-0.25, -0.2) is 8.78 Å². The lowest BCUT2D eigenvalue weighted by molar-refractivity contribution is 0.317. The van der Waals surface area contributed by atoms with Gasteiger partial charge in [0.15, 0.2) is 11.6 Å². The van der Waals surface area contributed by atoms with Crippen LogP contribution in [0.2, 0.25) is 0 Å². The van der Waals surface area contributed by atoms with E-state index in [1.165, 1.54) is 6.07 Å². The van der Waals surface area contributed by atoms with E-state index in [0.29, 0.717) is 13.1 Å². The van der Waals surface area contributed by atoms with E-state index in [1.807, 2.05) is 36.2 Å². The molecule has 0 amide bonds. The summed E-state index contributed by atoms with van der Waals surface area (Å²) in [5.41, 5.74) is 1.85. The summed E-state index contributed by atoms with van der Waals surface area (Å²) in [7, 11) is 3.56. The Balaban J connectivity index is 2.00. The predicted octanol–water partition coefficient (Wildman–Crippen LogP) is 3.61. The van der Waals surface area contributed by atoms with Gasteiger partial charge in [0, 0.05) is 13.1 Å². The van der Waals surface area contributed by atoms with E-state index in [2.05, 4.69) is 0 Å². The normalized spacial score (nSPS) is 10.8. The number of halogens is 2. The lowest BCUT2D eigenvalue weighted by atomic mass is 10.1. The van der Waals surface area contributed by atoms with Crippen LogP contribution >= 0.6 is 0 Å². The number of nitrogens with zero attached hydrogens (tertiary/aromatic N) is 1. The molecular formula is C16H17F2NO. The minimum atomic E-state index is -0.816. The van der Waals surface area contributed by atoms with E-state index in [-0.39, 0.29) is 0 Å². The first-order valence-corrected chi connectivity index (χ1v) is 6.34. The lowest BCUT2D eigenvalue weighted by Crippen LogP contribution is -2.17. The number of rotatable bonds is 5. The van der Waals surface area contributed by atoms with E-state index in [0.717, 1.165) is 22.9 Å². The molecular weight excluding hydrogens is 260 g/mol. The maximum Gasteiger partial charge on any atom is 0.159 e. The summed E-state index contributed by atoms with van der Waals surface area (Å²) >= 11 is 0. The Morgan fingerprint density at radius 3 is 2.30 bits per heavy atom. The van der Waals surface area contributed by atoms with Crippen LogP contribution in [0, 0.1) is 11.6 Å². The van der Waals surface area contributed by atoms with Crippen molar-refractivity contribution in [3.63, 3.8) is 0 Å². The quantitative estimate of drug-likeness (QED) is 0.828. The molecule has 2 aromatic rings. The van der Waals surface area contributed by atoms with Crippen LogP contribution in [-0.2, 0) is 13.1 Å². The van der Waals surface area contributed by atoms with Crippen LogP contribution in [0.1, 0.15) is 11.1 Å². The van der Waals surface area contributed by atoms with Gasteiger partial charge in [0.05, 0.1) is 7.11 Å². The molecule has 0 saturated carbocycles. The fourth-order valence-corrected chi connectivity index (χ4v) is 2.09. The Bertz CT molecular complexity index is 586. The molecule has 2 rings (SSSR count). The third-order valence-corrected chi connectivity index (χ3v) is 3.02. The molecule has 0 unspecified atom stereocenters. The zero-order valence-electron chi connectivity index (χ0n) is 11.6. The van der Waals surface area contributed by atoms with E-state index in [9.17, 15) is 8.78 Å². The van der Waals surface area contributed by atoms with Crippen LogP contribution in [0.4, 0.5) is 8.78 Å². The molecule has 0 spiro atoms. The number of hydrogen-bond donors (Lipinski definition) is 0. The average Bonchev–Trinajstić information content (AvgIpc) is 2.43. The van der Waals surface area contributed by atoms with Gasteiger partial charge in [-0.1, -0.05) is 18.2 Å². The summed E-state index contributed by atoms with van der Waals surface area (Å²) in [6.45, 7) is 1.25. The Morgan fingerprint density at radius 2 is 1.65 bits per heavy atom. The van der Waals surface area contributed by atoms with Crippen molar-refractivity contribution in [3.8, 4) is 5.75 Å². The zero-order chi connectivity index (χ0) is 14.5. The highest BCUT2D eigenvalue weighted by molar-refractivity contribution is 5.28. The van der Waals surface area contributed by atoms with Gasteiger partial charge in [0.1, 0.15) is 5.75 Å². The molecule has 4 heteroatoms. The molecule has 0 radical (unpaired) electrons. The summed E-state index contributed by atoms with van der Waals surface area (Å²) < 4.78 is 31.2. The summed E-state index contributed by atoms with van der Waals surface area (Å²) in [4.78, 5) is 2.03. The molecule has 0 aliphatic rings. The molecule has 2 nitrogen and oxygen atoms in total. The van der Waals surface area contributed by atoms with Crippen LogP contribution in [0.15, 0.2) is 42.5 Å². The third-order valence-electron chi connectivity index (χ3n) is 3.02. The smallest absolute Gasteiger partial charge is 0.159 e. The molecule has 0 aliphatic carbocycles. The Morgan fingerprint density at radius 1 is 0.950 bits per heavy atom. The van der Waals surface area contributed by atoms with Crippen molar-refractivity contribution in [2.75, 3.05) is 14.2 Å². The topological polar surface area (TPSA) is 12.5 Å². The van der Waals surface area contributed by atoms with Crippen molar-refractivity contribution < 1.29 is 13.5 Å². The first-order chi connectivity index (χ1) is 9.58. The molecule has 0 aromatic heterocycles. The van der Waals surface area contributed by atoms with E-state index in [1.54, 1.807) is 13.2 Å². The van der Waals surface area contributed by atoms with Gasteiger partial charge in [-0.2, -0.15) is 0 Å². The second-order valence-electron chi connectivity index (χ2n) is 4.77. The van der Waals surface area contributed by atoms with Crippen LogP contribution in [-0.4, -0.2) is 19.1 Å². The first-order valence-electron chi connectivity index (χ1n) is 6.34. The lowest BCUT2D eigenvalue weighted by Gasteiger charge is -2.17. The maximum absolute atomic E-state index is 13.1. The monoisotopic (exact) mass is 277 g/mol. The van der Waals surface area contributed by atoms with Gasteiger partial charge >= 0.3 is 0 Å². The van der Waals surface area contributed by atoms with Crippen molar-refractivity contribution in [2.45, 2.75) is 13.1 Å². The number of hydrogen-bond acceptors (Lipinski definition) is 2. The third kappa shape index (κ3) is 3.78. The molecule has 0 saturated heterocycles. The van der Waals surface area contributed by atoms with Crippen LogP contribution in [0.3, 0.4) is 0 Å². The standard InChI is InChI=1S/C16H17F2NO/c1-19(10-12-4-3-5-14(8-12)20-2)11-13-6-7-15(17)16(18)9-13/h3-9H,10-11H2,1-2H3. The predicted molar refractivity (Wildman–Crippen MR) is 74.5 cm³/mol. The van der Waals surface area contributed by atoms with E-state index < -0.39 is 11.6 Å². The number of benzene rings is 2. The highest BCUT2D eigenvalue weighted by Crippen LogP contribution is 2.15. The van der Waals surface area contributed by atoms with Crippen LogP contribution in [0.5, 0.6) is 5.75 Å². The molecule has 106 valence electrons. The molecule has 0 bridgehead atoms. The van der Waals surface area contributed by atoms with E-state index >= 15 is 0 Å². The van der Waals surface area contributed by atoms with Crippen LogP contribution in [0.25, 0.3) is 0 Å². The second-order valence-corrected chi connectivity index (χ2v) is 4.77. The van der Waals surface area contributed by atoms with Gasteiger partial charge in [0.25, 0.3) is 0 Å². The minimum Gasteiger partial charge on any atom is -0.497 e. The summed E-state index contributed by atoms with van der Waals surface area (Å²) in [6, 6.07) is 11.8. The van der Waals surface area contributed by atoms with Gasteiger partial charge < -0.3 is 4.74 Å². The van der Waals surface area contributed by atoms with Gasteiger partial charge in [0.2, 0.25) is 0 Å². The minimum absolute atomic E-state index is 0.550. The molecule has 20 heavy (non-hydrogen) atoms. The molecule has 2 aromatic carbocycles. The fraction of sp³-hybridized carbons (Fsp3) is 0.250. The van der Waals surface area contributed by atoms with Crippen molar-refractivity contribution >= 4 is 0 Å². The summed E-state index contributed by atoms with van der Waals surface area (Å²) in [5.74, 6) is -0.815. The number of methoxy groups -OCH3 is 1. The zero-order valence-corrected chi connectivity index (χ0v) is 11.6.